The van der Waals surface area contributed by atoms with Crippen molar-refractivity contribution < 1.29 is 45.8 Å². The molecular weight excluding hydrogens is 471 g/mol. The van der Waals surface area contributed by atoms with Gasteiger partial charge in [0.05, 0.1) is 18.8 Å². The molecule has 0 spiro atoms. The second-order valence-electron chi connectivity index (χ2n) is 7.82. The van der Waals surface area contributed by atoms with Crippen molar-refractivity contribution in [2.75, 3.05) is 36.5 Å². The second kappa shape index (κ2) is 10.5. The molecule has 188 valence electrons. The lowest BCUT2D eigenvalue weighted by molar-refractivity contribution is -0.166. The maximum atomic E-state index is 13.1. The summed E-state index contributed by atoms with van der Waals surface area (Å²) < 4.78 is 74.9. The van der Waals surface area contributed by atoms with Crippen LogP contribution in [0.15, 0.2) is 18.2 Å². The summed E-state index contributed by atoms with van der Waals surface area (Å²) in [5.41, 5.74) is 5.12. The Bertz CT molecular complexity index is 925. The van der Waals surface area contributed by atoms with E-state index in [0.29, 0.717) is 24.2 Å². The number of nitrogens with zero attached hydrogens (tertiary/aromatic N) is 2. The second-order valence-corrected chi connectivity index (χ2v) is 7.82. The number of nitrogens with one attached hydrogen (secondary N) is 1. The van der Waals surface area contributed by atoms with Crippen LogP contribution in [-0.2, 0) is 19.1 Å². The Morgan fingerprint density at radius 1 is 1.29 bits per heavy atom. The van der Waals surface area contributed by atoms with Crippen LogP contribution in [0, 0.1) is 0 Å². The fourth-order valence-electron chi connectivity index (χ4n) is 3.77. The number of halogens is 5. The van der Waals surface area contributed by atoms with Crippen molar-refractivity contribution in [1.82, 2.24) is 4.90 Å². The number of hydrogen-bond acceptors (Lipinski definition) is 6. The standard InChI is InChI=1S/C20H23F5N4O5/c21-19(22)34-14-8-12(28-6-7-33-9-15(28)30)4-5-13(14)27-18(32)16(17(26)31)29(10-20(23,24)25)11-2-1-3-11/h4-5,8,11,16,19H,1-3,6-7,9-10H2,(H2,26,31)(H,27,32)/t16-/m0/s1. The zero-order valence-electron chi connectivity index (χ0n) is 17.8. The summed E-state index contributed by atoms with van der Waals surface area (Å²) in [5.74, 6) is -3.52. The number of primary amides is 1. The minimum Gasteiger partial charge on any atom is -0.433 e. The van der Waals surface area contributed by atoms with Crippen LogP contribution in [0.2, 0.25) is 0 Å². The van der Waals surface area contributed by atoms with E-state index >= 15 is 0 Å². The Hall–Kier alpha value is -3.00. The molecule has 3 amide bonds. The highest BCUT2D eigenvalue weighted by Crippen LogP contribution is 2.34. The Morgan fingerprint density at radius 2 is 2.00 bits per heavy atom. The van der Waals surface area contributed by atoms with E-state index < -0.39 is 54.9 Å². The number of carbonyl (C=O) groups excluding carboxylic acids is 3. The van der Waals surface area contributed by atoms with Crippen LogP contribution in [0.3, 0.4) is 0 Å². The summed E-state index contributed by atoms with van der Waals surface area (Å²) in [4.78, 5) is 38.8. The molecule has 0 radical (unpaired) electrons. The molecule has 1 saturated carbocycles. The van der Waals surface area contributed by atoms with E-state index in [1.165, 1.54) is 11.0 Å². The number of anilines is 2. The summed E-state index contributed by atoms with van der Waals surface area (Å²) in [6.45, 7) is -4.70. The molecular formula is C20H23F5N4O5. The van der Waals surface area contributed by atoms with Crippen molar-refractivity contribution in [2.45, 2.75) is 44.1 Å². The summed E-state index contributed by atoms with van der Waals surface area (Å²) >= 11 is 0. The topological polar surface area (TPSA) is 114 Å². The molecule has 9 nitrogen and oxygen atoms in total. The molecule has 1 aliphatic carbocycles. The summed E-state index contributed by atoms with van der Waals surface area (Å²) in [5, 5.41) is 2.17. The number of nitrogens with two attached hydrogens (primary N) is 1. The molecule has 1 aromatic rings. The van der Waals surface area contributed by atoms with Crippen LogP contribution >= 0.6 is 0 Å². The average molecular weight is 494 g/mol. The normalized spacial score (nSPS) is 18.1. The third kappa shape index (κ3) is 6.32. The summed E-state index contributed by atoms with van der Waals surface area (Å²) in [6.07, 6.45) is -3.40. The largest absolute Gasteiger partial charge is 0.433 e. The Morgan fingerprint density at radius 3 is 2.53 bits per heavy atom. The van der Waals surface area contributed by atoms with E-state index in [0.717, 1.165) is 12.1 Å². The predicted molar refractivity (Wildman–Crippen MR) is 108 cm³/mol. The summed E-state index contributed by atoms with van der Waals surface area (Å²) in [7, 11) is 0. The quantitative estimate of drug-likeness (QED) is 0.400. The van der Waals surface area contributed by atoms with Gasteiger partial charge in [-0.15, -0.1) is 0 Å². The first-order chi connectivity index (χ1) is 16.0. The number of ether oxygens (including phenoxy) is 2. The first-order valence-electron chi connectivity index (χ1n) is 10.4. The van der Waals surface area contributed by atoms with Crippen LogP contribution in [0.25, 0.3) is 0 Å². The van der Waals surface area contributed by atoms with Crippen LogP contribution in [0.1, 0.15) is 19.3 Å². The van der Waals surface area contributed by atoms with Crippen LogP contribution in [0.5, 0.6) is 5.75 Å². The van der Waals surface area contributed by atoms with Gasteiger partial charge in [-0.3, -0.25) is 19.3 Å². The highest BCUT2D eigenvalue weighted by molar-refractivity contribution is 6.10. The minimum atomic E-state index is -4.71. The van der Waals surface area contributed by atoms with E-state index in [1.807, 2.05) is 0 Å². The van der Waals surface area contributed by atoms with Gasteiger partial charge in [0.2, 0.25) is 5.91 Å². The van der Waals surface area contributed by atoms with Gasteiger partial charge in [-0.1, -0.05) is 6.42 Å². The van der Waals surface area contributed by atoms with Crippen molar-refractivity contribution in [3.8, 4) is 5.75 Å². The molecule has 0 aromatic heterocycles. The molecule has 0 unspecified atom stereocenters. The minimum absolute atomic E-state index is 0.149. The van der Waals surface area contributed by atoms with Gasteiger partial charge in [0.15, 0.2) is 11.8 Å². The SMILES string of the molecule is NC(=O)[C@@H](C(=O)Nc1ccc(N2CCOCC2=O)cc1OC(F)F)N(CC(F)(F)F)C1CCC1. The first-order valence-corrected chi connectivity index (χ1v) is 10.4. The fraction of sp³-hybridized carbons (Fsp3) is 0.550. The van der Waals surface area contributed by atoms with Gasteiger partial charge in [-0.2, -0.15) is 22.0 Å². The van der Waals surface area contributed by atoms with Crippen LogP contribution in [-0.4, -0.2) is 73.8 Å². The maximum Gasteiger partial charge on any atom is 0.401 e. The van der Waals surface area contributed by atoms with E-state index in [4.69, 9.17) is 10.5 Å². The Balaban J connectivity index is 1.88. The molecule has 3 rings (SSSR count). The van der Waals surface area contributed by atoms with Gasteiger partial charge < -0.3 is 25.4 Å². The van der Waals surface area contributed by atoms with Crippen molar-refractivity contribution >= 4 is 29.1 Å². The zero-order valence-corrected chi connectivity index (χ0v) is 17.8. The van der Waals surface area contributed by atoms with Crippen LogP contribution in [0.4, 0.5) is 33.3 Å². The summed E-state index contributed by atoms with van der Waals surface area (Å²) in [6, 6.07) is 0.867. The number of morpholine rings is 1. The number of carbonyl (C=O) groups is 3. The number of amides is 3. The lowest BCUT2D eigenvalue weighted by Crippen LogP contribution is -2.59. The molecule has 34 heavy (non-hydrogen) atoms. The van der Waals surface area contributed by atoms with E-state index in [2.05, 4.69) is 10.1 Å². The van der Waals surface area contributed by atoms with Gasteiger partial charge in [-0.05, 0) is 25.0 Å². The third-order valence-corrected chi connectivity index (χ3v) is 5.49. The molecule has 3 N–H and O–H groups in total. The van der Waals surface area contributed by atoms with E-state index in [-0.39, 0.29) is 31.1 Å². The highest BCUT2D eigenvalue weighted by Gasteiger charge is 2.44. The molecule has 0 bridgehead atoms. The van der Waals surface area contributed by atoms with Gasteiger partial charge in [0.25, 0.3) is 11.8 Å². The van der Waals surface area contributed by atoms with Gasteiger partial charge in [-0.25, -0.2) is 0 Å². The first kappa shape index (κ1) is 25.6. The molecule has 1 atom stereocenters. The smallest absolute Gasteiger partial charge is 0.401 e. The Labute approximate surface area is 190 Å². The molecule has 1 heterocycles. The van der Waals surface area contributed by atoms with Gasteiger partial charge in [0, 0.05) is 24.3 Å². The van der Waals surface area contributed by atoms with E-state index in [9.17, 15) is 36.3 Å². The van der Waals surface area contributed by atoms with Crippen molar-refractivity contribution in [3.63, 3.8) is 0 Å². The van der Waals surface area contributed by atoms with Crippen molar-refractivity contribution in [2.24, 2.45) is 5.73 Å². The molecule has 14 heteroatoms. The predicted octanol–water partition coefficient (Wildman–Crippen LogP) is 1.86. The van der Waals surface area contributed by atoms with Crippen molar-refractivity contribution in [1.29, 1.82) is 0 Å². The maximum absolute atomic E-state index is 13.1. The lowest BCUT2D eigenvalue weighted by Gasteiger charge is -2.40. The third-order valence-electron chi connectivity index (χ3n) is 5.49. The van der Waals surface area contributed by atoms with Gasteiger partial charge in [0.1, 0.15) is 6.61 Å². The molecule has 1 saturated heterocycles. The monoisotopic (exact) mass is 494 g/mol. The zero-order chi connectivity index (χ0) is 25.0. The average Bonchev–Trinajstić information content (AvgIpc) is 2.66. The number of rotatable bonds is 9. The van der Waals surface area contributed by atoms with Crippen LogP contribution < -0.4 is 20.7 Å². The van der Waals surface area contributed by atoms with E-state index in [1.54, 1.807) is 0 Å². The molecule has 1 aliphatic heterocycles. The number of benzene rings is 1. The molecule has 2 fully saturated rings. The van der Waals surface area contributed by atoms with Gasteiger partial charge >= 0.3 is 12.8 Å². The molecule has 1 aromatic carbocycles. The lowest BCUT2D eigenvalue weighted by atomic mass is 9.90. The van der Waals surface area contributed by atoms with Crippen molar-refractivity contribution in [3.05, 3.63) is 18.2 Å². The fourth-order valence-corrected chi connectivity index (χ4v) is 3.77. The number of hydrogen-bond donors (Lipinski definition) is 2. The molecule has 2 aliphatic rings. The Kier molecular flexibility index (Phi) is 7.92. The highest BCUT2D eigenvalue weighted by atomic mass is 19.4. The number of alkyl halides is 5.